The first-order valence-corrected chi connectivity index (χ1v) is 8.63. The number of aliphatic hydroxyl groups is 2. The number of rotatable bonds is 6. The summed E-state index contributed by atoms with van der Waals surface area (Å²) in [4.78, 5) is 22.7. The molecule has 0 saturated heterocycles. The first-order valence-electron chi connectivity index (χ1n) is 8.63. The van der Waals surface area contributed by atoms with Crippen molar-refractivity contribution in [3.05, 3.63) is 22.7 Å². The molecule has 0 bridgehead atoms. The molecule has 0 unspecified atom stereocenters. The third-order valence-electron chi connectivity index (χ3n) is 3.65. The molecule has 4 nitrogen and oxygen atoms in total. The van der Waals surface area contributed by atoms with Crippen LogP contribution in [0.2, 0.25) is 0 Å². The number of allylic oxidation sites excluding steroid dienone is 4. The average molecular weight is 404 g/mol. The normalized spacial score (nSPS) is 13.0. The van der Waals surface area contributed by atoms with E-state index in [1.165, 1.54) is 0 Å². The van der Waals surface area contributed by atoms with Crippen LogP contribution >= 0.6 is 0 Å². The molecule has 0 rings (SSSR count). The molecule has 0 aliphatic carbocycles. The molecular weight excluding hydrogens is 368 g/mol. The molecule has 0 aliphatic heterocycles. The molecule has 25 heavy (non-hydrogen) atoms. The summed E-state index contributed by atoms with van der Waals surface area (Å²) in [6, 6.07) is 0. The minimum absolute atomic E-state index is 0. The molecule has 0 saturated carbocycles. The second kappa shape index (κ2) is 13.2. The summed E-state index contributed by atoms with van der Waals surface area (Å²) in [6.07, 6.45) is 0. The van der Waals surface area contributed by atoms with Gasteiger partial charge in [-0.1, -0.05) is 55.4 Å². The minimum atomic E-state index is -0.0362. The maximum absolute atomic E-state index is 11.4. The Balaban J connectivity index is -0.000000372. The number of hydrogen-bond donors (Lipinski definition) is 2. The summed E-state index contributed by atoms with van der Waals surface area (Å²) in [6.45, 7) is 18.2. The molecule has 0 amide bonds. The third kappa shape index (κ3) is 10.5. The molecule has 5 heteroatoms. The van der Waals surface area contributed by atoms with Crippen LogP contribution in [0.4, 0.5) is 0 Å². The molecule has 0 heterocycles. The van der Waals surface area contributed by atoms with Gasteiger partial charge in [0.2, 0.25) is 0 Å². The predicted molar refractivity (Wildman–Crippen MR) is 100 cm³/mol. The zero-order valence-electron chi connectivity index (χ0n) is 17.3. The standard InChI is InChI=1S/2C10H18O2.Cu/c2*1-6(2)9(11)8(5)10(12)7(3)4;/h2*6-7,11H,1-5H3;/b2*9-8-;. The summed E-state index contributed by atoms with van der Waals surface area (Å²) < 4.78 is 0. The van der Waals surface area contributed by atoms with Crippen molar-refractivity contribution in [3.8, 4) is 0 Å². The summed E-state index contributed by atoms with van der Waals surface area (Å²) in [5.41, 5.74) is 1.00. The zero-order valence-corrected chi connectivity index (χ0v) is 18.3. The molecule has 151 valence electrons. The third-order valence-corrected chi connectivity index (χ3v) is 3.65. The molecule has 1 radical (unpaired) electrons. The molecule has 0 fully saturated rings. The number of ketones is 2. The Morgan fingerprint density at radius 1 is 0.560 bits per heavy atom. The molecule has 0 aliphatic rings. The fraction of sp³-hybridized carbons (Fsp3) is 0.700. The van der Waals surface area contributed by atoms with Crippen molar-refractivity contribution in [2.75, 3.05) is 0 Å². The quantitative estimate of drug-likeness (QED) is 0.354. The van der Waals surface area contributed by atoms with Crippen molar-refractivity contribution in [1.29, 1.82) is 0 Å². The summed E-state index contributed by atoms with van der Waals surface area (Å²) in [5.74, 6) is 0.488. The largest absolute Gasteiger partial charge is 0.512 e. The number of hydrogen-bond acceptors (Lipinski definition) is 4. The van der Waals surface area contributed by atoms with E-state index in [4.69, 9.17) is 0 Å². The second-order valence-electron chi connectivity index (χ2n) is 7.37. The van der Waals surface area contributed by atoms with E-state index >= 15 is 0 Å². The van der Waals surface area contributed by atoms with Crippen molar-refractivity contribution < 1.29 is 36.9 Å². The Labute approximate surface area is 164 Å². The monoisotopic (exact) mass is 403 g/mol. The van der Waals surface area contributed by atoms with E-state index in [2.05, 4.69) is 0 Å². The van der Waals surface area contributed by atoms with Crippen LogP contribution in [-0.4, -0.2) is 21.8 Å². The van der Waals surface area contributed by atoms with E-state index in [1.54, 1.807) is 13.8 Å². The Kier molecular flexibility index (Phi) is 15.2. The maximum Gasteiger partial charge on any atom is 0.164 e. The van der Waals surface area contributed by atoms with Crippen molar-refractivity contribution in [3.63, 3.8) is 0 Å². The van der Waals surface area contributed by atoms with E-state index < -0.39 is 0 Å². The van der Waals surface area contributed by atoms with Crippen LogP contribution in [0.3, 0.4) is 0 Å². The van der Waals surface area contributed by atoms with Gasteiger partial charge in [-0.05, 0) is 13.8 Å². The van der Waals surface area contributed by atoms with Gasteiger partial charge in [0.05, 0.1) is 0 Å². The Morgan fingerprint density at radius 3 is 0.880 bits per heavy atom. The molecule has 0 aromatic carbocycles. The van der Waals surface area contributed by atoms with Gasteiger partial charge in [-0.25, -0.2) is 0 Å². The summed E-state index contributed by atoms with van der Waals surface area (Å²) >= 11 is 0. The first-order chi connectivity index (χ1) is 10.7. The molecule has 0 spiro atoms. The van der Waals surface area contributed by atoms with Gasteiger partial charge in [0, 0.05) is 51.9 Å². The van der Waals surface area contributed by atoms with Crippen LogP contribution in [0.25, 0.3) is 0 Å². The van der Waals surface area contributed by atoms with E-state index in [0.29, 0.717) is 11.1 Å². The maximum atomic E-state index is 11.4. The number of carbonyl (C=O) groups excluding carboxylic acids is 2. The molecular formula is C20H36CuO4. The van der Waals surface area contributed by atoms with Gasteiger partial charge < -0.3 is 10.2 Å². The van der Waals surface area contributed by atoms with Crippen LogP contribution in [0.5, 0.6) is 0 Å². The first kappa shape index (κ1) is 28.7. The van der Waals surface area contributed by atoms with E-state index in [9.17, 15) is 19.8 Å². The second-order valence-corrected chi connectivity index (χ2v) is 7.37. The minimum Gasteiger partial charge on any atom is -0.512 e. The van der Waals surface area contributed by atoms with Crippen LogP contribution in [0.1, 0.15) is 69.2 Å². The number of Topliss-reactive ketones (excluding diaryl/α,β-unsaturated/α-hetero) is 2. The summed E-state index contributed by atoms with van der Waals surface area (Å²) in [5, 5.41) is 18.9. The zero-order chi connectivity index (χ0) is 19.8. The molecule has 2 N–H and O–H groups in total. The smallest absolute Gasteiger partial charge is 0.164 e. The van der Waals surface area contributed by atoms with Crippen molar-refractivity contribution in [2.24, 2.45) is 23.7 Å². The van der Waals surface area contributed by atoms with Crippen molar-refractivity contribution in [2.45, 2.75) is 69.2 Å². The Hall–Kier alpha value is -1.06. The Bertz CT molecular complexity index is 452. The van der Waals surface area contributed by atoms with Gasteiger partial charge in [0.1, 0.15) is 11.5 Å². The Morgan fingerprint density at radius 2 is 0.760 bits per heavy atom. The number of carbonyl (C=O) groups is 2. The molecule has 0 aromatic rings. The van der Waals surface area contributed by atoms with Crippen LogP contribution in [0, 0.1) is 23.7 Å². The fourth-order valence-electron chi connectivity index (χ4n) is 1.98. The van der Waals surface area contributed by atoms with E-state index in [1.807, 2.05) is 55.4 Å². The SMILES string of the molecule is C/C(C(=O)C(C)C)=C(/O)C(C)C.C/C(C(=O)C(C)C)=C(/O)C(C)C.[Cu]. The average Bonchev–Trinajstić information content (AvgIpc) is 2.50. The fourth-order valence-corrected chi connectivity index (χ4v) is 1.98. The van der Waals surface area contributed by atoms with Gasteiger partial charge in [0.15, 0.2) is 11.6 Å². The van der Waals surface area contributed by atoms with E-state index in [-0.39, 0.29) is 63.8 Å². The molecule has 0 aromatic heterocycles. The van der Waals surface area contributed by atoms with Gasteiger partial charge in [-0.2, -0.15) is 0 Å². The van der Waals surface area contributed by atoms with Gasteiger partial charge in [-0.3, -0.25) is 9.59 Å². The molecule has 0 atom stereocenters. The topological polar surface area (TPSA) is 74.6 Å². The van der Waals surface area contributed by atoms with E-state index in [0.717, 1.165) is 0 Å². The van der Waals surface area contributed by atoms with Gasteiger partial charge >= 0.3 is 0 Å². The van der Waals surface area contributed by atoms with Crippen LogP contribution in [-0.2, 0) is 26.7 Å². The van der Waals surface area contributed by atoms with Gasteiger partial charge in [-0.15, -0.1) is 0 Å². The summed E-state index contributed by atoms with van der Waals surface area (Å²) in [7, 11) is 0. The number of aliphatic hydroxyl groups excluding tert-OH is 2. The predicted octanol–water partition coefficient (Wildman–Crippen LogP) is 5.40. The van der Waals surface area contributed by atoms with Crippen molar-refractivity contribution in [1.82, 2.24) is 0 Å². The van der Waals surface area contributed by atoms with Gasteiger partial charge in [0.25, 0.3) is 0 Å². The van der Waals surface area contributed by atoms with Crippen LogP contribution in [0.15, 0.2) is 22.7 Å². The van der Waals surface area contributed by atoms with Crippen molar-refractivity contribution >= 4 is 11.6 Å². The van der Waals surface area contributed by atoms with Crippen LogP contribution < -0.4 is 0 Å².